The molecule has 116 valence electrons. The van der Waals surface area contributed by atoms with Gasteiger partial charge in [0.1, 0.15) is 5.82 Å². The average molecular weight is 332 g/mol. The number of nitrogens with one attached hydrogen (secondary N) is 2. The summed E-state index contributed by atoms with van der Waals surface area (Å²) in [6.07, 6.45) is 3.80. The summed E-state index contributed by atoms with van der Waals surface area (Å²) in [5, 5.41) is 3.78. The van der Waals surface area contributed by atoms with Gasteiger partial charge < -0.3 is 15.6 Å². The number of hydrogen-bond acceptors (Lipinski definition) is 5. The fraction of sp³-hybridized carbons (Fsp3) is 0.538. The Labute approximate surface area is 134 Å². The molecule has 2 rings (SSSR count). The predicted octanol–water partition coefficient (Wildman–Crippen LogP) is 2.49. The lowest BCUT2D eigenvalue weighted by molar-refractivity contribution is -0.131. The first-order valence-electron chi connectivity index (χ1n) is 6.96. The number of likely N-dealkylation sites (tertiary alicyclic amines) is 1. The fourth-order valence-electron chi connectivity index (χ4n) is 2.28. The number of hydrazine groups is 1. The van der Waals surface area contributed by atoms with Crippen molar-refractivity contribution in [3.63, 3.8) is 0 Å². The molecule has 2 heterocycles. The normalized spacial score (nSPS) is 14.9. The Kier molecular flexibility index (Phi) is 5.90. The van der Waals surface area contributed by atoms with E-state index in [9.17, 15) is 4.79 Å². The monoisotopic (exact) mass is 331 g/mol. The lowest BCUT2D eigenvalue weighted by atomic mass is 10.1. The molecule has 0 aliphatic carbocycles. The molecule has 0 unspecified atom stereocenters. The van der Waals surface area contributed by atoms with E-state index in [1.807, 2.05) is 4.90 Å². The van der Waals surface area contributed by atoms with E-state index in [0.29, 0.717) is 34.6 Å². The van der Waals surface area contributed by atoms with Gasteiger partial charge in [-0.3, -0.25) is 4.79 Å². The number of rotatable bonds is 5. The molecule has 0 saturated carbocycles. The molecule has 1 aromatic heterocycles. The molecule has 0 atom stereocenters. The van der Waals surface area contributed by atoms with Crippen molar-refractivity contribution in [1.82, 2.24) is 9.88 Å². The van der Waals surface area contributed by atoms with Gasteiger partial charge in [0.25, 0.3) is 0 Å². The van der Waals surface area contributed by atoms with Gasteiger partial charge in [-0.15, -0.1) is 0 Å². The molecule has 8 heteroatoms. The molecular formula is C13H19Cl2N5O. The third-order valence-electron chi connectivity index (χ3n) is 3.41. The lowest BCUT2D eigenvalue weighted by Gasteiger charge is -2.26. The van der Waals surface area contributed by atoms with Gasteiger partial charge >= 0.3 is 0 Å². The topological polar surface area (TPSA) is 83.3 Å². The fourth-order valence-corrected chi connectivity index (χ4v) is 2.76. The van der Waals surface area contributed by atoms with Crippen LogP contribution in [-0.4, -0.2) is 35.4 Å². The van der Waals surface area contributed by atoms with Crippen LogP contribution in [0.25, 0.3) is 0 Å². The maximum Gasteiger partial charge on any atom is 0.224 e. The summed E-state index contributed by atoms with van der Waals surface area (Å²) in [7, 11) is 0. The number of nitrogen functional groups attached to an aromatic ring is 1. The number of carbonyl (C=O) groups excluding carboxylic acids is 1. The first-order chi connectivity index (χ1) is 10.1. The molecule has 1 aromatic rings. The number of nitrogens with two attached hydrogens (primary N) is 1. The Hall–Kier alpha value is -1.24. The van der Waals surface area contributed by atoms with Crippen molar-refractivity contribution in [2.75, 3.05) is 30.4 Å². The SMILES string of the molecule is NNc1nc(NCCC(=O)N2CCCCC2)c(Cl)cc1Cl. The van der Waals surface area contributed by atoms with Gasteiger partial charge in [-0.25, -0.2) is 10.8 Å². The minimum Gasteiger partial charge on any atom is -0.368 e. The predicted molar refractivity (Wildman–Crippen MR) is 85.6 cm³/mol. The summed E-state index contributed by atoms with van der Waals surface area (Å²) < 4.78 is 0. The number of anilines is 2. The first-order valence-corrected chi connectivity index (χ1v) is 7.71. The van der Waals surface area contributed by atoms with Crippen LogP contribution in [0.1, 0.15) is 25.7 Å². The zero-order valence-electron chi connectivity index (χ0n) is 11.7. The highest BCUT2D eigenvalue weighted by Gasteiger charge is 2.16. The molecule has 1 amide bonds. The lowest BCUT2D eigenvalue weighted by Crippen LogP contribution is -2.36. The molecule has 1 saturated heterocycles. The highest BCUT2D eigenvalue weighted by molar-refractivity contribution is 6.37. The van der Waals surface area contributed by atoms with E-state index in [-0.39, 0.29) is 5.91 Å². The minimum absolute atomic E-state index is 0.157. The molecule has 1 aliphatic heterocycles. The highest BCUT2D eigenvalue weighted by Crippen LogP contribution is 2.28. The Morgan fingerprint density at radius 1 is 1.24 bits per heavy atom. The second-order valence-corrected chi connectivity index (χ2v) is 5.73. The van der Waals surface area contributed by atoms with Crippen molar-refractivity contribution < 1.29 is 4.79 Å². The van der Waals surface area contributed by atoms with Gasteiger partial charge in [0.05, 0.1) is 10.0 Å². The average Bonchev–Trinajstić information content (AvgIpc) is 2.50. The highest BCUT2D eigenvalue weighted by atomic mass is 35.5. The molecule has 0 bridgehead atoms. The number of piperidine rings is 1. The Balaban J connectivity index is 1.86. The molecule has 0 radical (unpaired) electrons. The molecule has 4 N–H and O–H groups in total. The van der Waals surface area contributed by atoms with E-state index < -0.39 is 0 Å². The zero-order valence-corrected chi connectivity index (χ0v) is 13.2. The molecule has 0 aromatic carbocycles. The summed E-state index contributed by atoms with van der Waals surface area (Å²) in [6, 6.07) is 1.56. The standard InChI is InChI=1S/C13H19Cl2N5O/c14-9-8-10(15)13(19-16)18-12(9)17-5-4-11(21)20-6-2-1-3-7-20/h8H,1-7,16H2,(H2,17,18,19). The van der Waals surface area contributed by atoms with Crippen LogP contribution >= 0.6 is 23.2 Å². The van der Waals surface area contributed by atoms with Crippen molar-refractivity contribution >= 4 is 40.7 Å². The second-order valence-electron chi connectivity index (χ2n) is 4.91. The summed E-state index contributed by atoms with van der Waals surface area (Å²) in [6.45, 7) is 2.19. The number of halogens is 2. The van der Waals surface area contributed by atoms with E-state index in [1.54, 1.807) is 6.07 Å². The zero-order chi connectivity index (χ0) is 15.2. The van der Waals surface area contributed by atoms with Crippen molar-refractivity contribution in [1.29, 1.82) is 0 Å². The van der Waals surface area contributed by atoms with Crippen molar-refractivity contribution in [2.45, 2.75) is 25.7 Å². The van der Waals surface area contributed by atoms with Gasteiger partial charge in [0.15, 0.2) is 5.82 Å². The Bertz CT molecular complexity index is 506. The maximum atomic E-state index is 12.0. The van der Waals surface area contributed by atoms with E-state index in [4.69, 9.17) is 29.0 Å². The number of carbonyl (C=O) groups is 1. The molecular weight excluding hydrogens is 313 g/mol. The summed E-state index contributed by atoms with van der Waals surface area (Å²) in [5.41, 5.74) is 2.40. The molecule has 0 spiro atoms. The quantitative estimate of drug-likeness (QED) is 0.570. The van der Waals surface area contributed by atoms with Gasteiger partial charge in [-0.1, -0.05) is 23.2 Å². The summed E-state index contributed by atoms with van der Waals surface area (Å²) >= 11 is 12.0. The van der Waals surface area contributed by atoms with Crippen LogP contribution in [0.2, 0.25) is 10.0 Å². The largest absolute Gasteiger partial charge is 0.368 e. The Morgan fingerprint density at radius 3 is 2.57 bits per heavy atom. The third-order valence-corrected chi connectivity index (χ3v) is 3.98. The molecule has 21 heavy (non-hydrogen) atoms. The van der Waals surface area contributed by atoms with E-state index in [1.165, 1.54) is 6.42 Å². The van der Waals surface area contributed by atoms with Crippen molar-refractivity contribution in [3.8, 4) is 0 Å². The second kappa shape index (κ2) is 7.68. The third kappa shape index (κ3) is 4.36. The molecule has 1 fully saturated rings. The number of hydrogen-bond donors (Lipinski definition) is 3. The van der Waals surface area contributed by atoms with E-state index in [2.05, 4.69) is 15.7 Å². The summed E-state index contributed by atoms with van der Waals surface area (Å²) in [5.74, 6) is 6.27. The van der Waals surface area contributed by atoms with Crippen LogP contribution < -0.4 is 16.6 Å². The number of aromatic nitrogens is 1. The van der Waals surface area contributed by atoms with Crippen LogP contribution in [0.5, 0.6) is 0 Å². The van der Waals surface area contributed by atoms with Gasteiger partial charge in [0, 0.05) is 26.1 Å². The van der Waals surface area contributed by atoms with Crippen molar-refractivity contribution in [2.24, 2.45) is 5.84 Å². The number of pyridine rings is 1. The van der Waals surface area contributed by atoms with Crippen LogP contribution in [0.3, 0.4) is 0 Å². The maximum absolute atomic E-state index is 12.0. The first kappa shape index (κ1) is 16.1. The number of nitrogens with zero attached hydrogens (tertiary/aromatic N) is 2. The number of amides is 1. The van der Waals surface area contributed by atoms with Crippen LogP contribution in [0, 0.1) is 0 Å². The molecule has 1 aliphatic rings. The summed E-state index contributed by atoms with van der Waals surface area (Å²) in [4.78, 5) is 18.1. The van der Waals surface area contributed by atoms with Crippen molar-refractivity contribution in [3.05, 3.63) is 16.1 Å². The van der Waals surface area contributed by atoms with Crippen LogP contribution in [0.4, 0.5) is 11.6 Å². The Morgan fingerprint density at radius 2 is 1.90 bits per heavy atom. The van der Waals surface area contributed by atoms with Crippen LogP contribution in [-0.2, 0) is 4.79 Å². The van der Waals surface area contributed by atoms with Gasteiger partial charge in [-0.05, 0) is 25.3 Å². The molecule has 6 nitrogen and oxygen atoms in total. The minimum atomic E-state index is 0.157. The van der Waals surface area contributed by atoms with Crippen LogP contribution in [0.15, 0.2) is 6.07 Å². The van der Waals surface area contributed by atoms with E-state index >= 15 is 0 Å². The van der Waals surface area contributed by atoms with Gasteiger partial charge in [0.2, 0.25) is 5.91 Å². The smallest absolute Gasteiger partial charge is 0.224 e. The van der Waals surface area contributed by atoms with Gasteiger partial charge in [-0.2, -0.15) is 0 Å². The van der Waals surface area contributed by atoms with E-state index in [0.717, 1.165) is 25.9 Å².